The number of allylic oxidation sites excluding steroid dienone is 2. The van der Waals surface area contributed by atoms with Crippen molar-refractivity contribution in [1.82, 2.24) is 10.0 Å². The van der Waals surface area contributed by atoms with Gasteiger partial charge in [-0.25, -0.2) is 5.01 Å². The summed E-state index contributed by atoms with van der Waals surface area (Å²) in [6.45, 7) is 19.8. The molecule has 0 saturated heterocycles. The average molecular weight is 896 g/mol. The average Bonchev–Trinajstić information content (AvgIpc) is 3.52. The van der Waals surface area contributed by atoms with Crippen molar-refractivity contribution < 1.29 is 63.3 Å². The third-order valence-corrected chi connectivity index (χ3v) is 12.2. The number of methoxy groups -OCH3 is 1. The predicted octanol–water partition coefficient (Wildman–Crippen LogP) is 6.70. The zero-order chi connectivity index (χ0) is 47.8. The number of aromatic hydroxyl groups is 2. The van der Waals surface area contributed by atoms with Crippen molar-refractivity contribution in [2.75, 3.05) is 38.7 Å². The zero-order valence-corrected chi connectivity index (χ0v) is 39.4. The fraction of sp³-hybridized carbons (Fsp3) is 0.583. The van der Waals surface area contributed by atoms with Crippen LogP contribution >= 0.6 is 0 Å². The van der Waals surface area contributed by atoms with E-state index < -0.39 is 89.6 Å². The van der Waals surface area contributed by atoms with E-state index in [1.807, 2.05) is 25.8 Å². The van der Waals surface area contributed by atoms with Crippen LogP contribution in [0.1, 0.15) is 104 Å². The van der Waals surface area contributed by atoms with Gasteiger partial charge < -0.3 is 49.4 Å². The quantitative estimate of drug-likeness (QED) is 0.0852. The number of esters is 1. The van der Waals surface area contributed by atoms with Crippen molar-refractivity contribution >= 4 is 40.0 Å². The zero-order valence-electron chi connectivity index (χ0n) is 39.4. The number of aliphatic hydroxyl groups excluding tert-OH is 2. The summed E-state index contributed by atoms with van der Waals surface area (Å²) in [6.07, 6.45) is 5.90. The second-order valence-corrected chi connectivity index (χ2v) is 17.2. The SMILES string of the molecule is CCCN(CCC)N(CCC)C(=O)COc1cc2c(O)c3c(O)c(C)c4c(c13)C(=O)C(C)(O/C=C/C(OC)C(C)C(OC(C)=O)C(C)C(O)C(C)C(O)C(C)/C=C/C=C(\C)C(=O)N2)O4. The van der Waals surface area contributed by atoms with Crippen LogP contribution in [-0.4, -0.2) is 118 Å². The van der Waals surface area contributed by atoms with Crippen LogP contribution in [-0.2, 0) is 28.6 Å². The maximum Gasteiger partial charge on any atom is 0.312 e. The molecular weight excluding hydrogens is 827 g/mol. The molecule has 2 amide bonds. The summed E-state index contributed by atoms with van der Waals surface area (Å²) in [5.74, 6) is -8.05. The van der Waals surface area contributed by atoms with Crippen LogP contribution in [0.5, 0.6) is 23.0 Å². The first kappa shape index (κ1) is 51.5. The molecule has 16 nitrogen and oxygen atoms in total. The molecule has 16 heteroatoms. The number of Topliss-reactive ketones (excluding diaryl/α,β-unsaturated/α-hetero) is 1. The number of aliphatic hydroxyl groups is 2. The summed E-state index contributed by atoms with van der Waals surface area (Å²) in [5, 5.41) is 52.5. The molecule has 3 heterocycles. The fourth-order valence-electron chi connectivity index (χ4n) is 8.47. The highest BCUT2D eigenvalue weighted by molar-refractivity contribution is 6.21. The molecule has 9 atom stereocenters. The fourth-order valence-corrected chi connectivity index (χ4v) is 8.47. The summed E-state index contributed by atoms with van der Waals surface area (Å²) in [7, 11) is 1.44. The van der Waals surface area contributed by atoms with E-state index in [9.17, 15) is 39.6 Å². The molecule has 0 fully saturated rings. The number of benzene rings is 2. The van der Waals surface area contributed by atoms with Crippen molar-refractivity contribution in [1.29, 1.82) is 0 Å². The van der Waals surface area contributed by atoms with Gasteiger partial charge in [-0.05, 0) is 39.2 Å². The van der Waals surface area contributed by atoms with Crippen molar-refractivity contribution in [3.63, 3.8) is 0 Å². The number of ketones is 1. The summed E-state index contributed by atoms with van der Waals surface area (Å²) in [6, 6.07) is 1.29. The molecule has 5 N–H and O–H groups in total. The number of carbonyl (C=O) groups is 4. The van der Waals surface area contributed by atoms with Gasteiger partial charge in [-0.3, -0.25) is 24.2 Å². The van der Waals surface area contributed by atoms with Crippen molar-refractivity contribution in [3.8, 4) is 23.0 Å². The summed E-state index contributed by atoms with van der Waals surface area (Å²) in [4.78, 5) is 54.7. The number of phenolic OH excluding ortho intramolecular Hbond substituents is 2. The van der Waals surface area contributed by atoms with E-state index in [0.717, 1.165) is 12.8 Å². The van der Waals surface area contributed by atoms with Gasteiger partial charge in [0.25, 0.3) is 17.6 Å². The highest BCUT2D eigenvalue weighted by atomic mass is 16.7. The topological polar surface area (TPSA) is 214 Å². The van der Waals surface area contributed by atoms with Crippen molar-refractivity contribution in [2.45, 2.75) is 126 Å². The van der Waals surface area contributed by atoms with Gasteiger partial charge in [0.05, 0.1) is 41.2 Å². The molecule has 0 spiro atoms. The maximum absolute atomic E-state index is 14.7. The molecule has 5 rings (SSSR count). The summed E-state index contributed by atoms with van der Waals surface area (Å²) in [5.41, 5.74) is -0.00517. The van der Waals surface area contributed by atoms with Gasteiger partial charge >= 0.3 is 11.8 Å². The number of ether oxygens (including phenoxy) is 5. The van der Waals surface area contributed by atoms with E-state index in [4.69, 9.17) is 23.7 Å². The van der Waals surface area contributed by atoms with Gasteiger partial charge in [0.1, 0.15) is 23.4 Å². The van der Waals surface area contributed by atoms with Crippen LogP contribution in [0.25, 0.3) is 10.8 Å². The Balaban J connectivity index is 1.94. The van der Waals surface area contributed by atoms with Crippen LogP contribution in [0, 0.1) is 30.6 Å². The van der Waals surface area contributed by atoms with Crippen LogP contribution < -0.4 is 14.8 Å². The van der Waals surface area contributed by atoms with Crippen LogP contribution in [0.4, 0.5) is 5.69 Å². The number of phenols is 2. The second-order valence-electron chi connectivity index (χ2n) is 17.2. The lowest BCUT2D eigenvalue weighted by molar-refractivity contribution is -0.160. The number of anilines is 1. The van der Waals surface area contributed by atoms with E-state index in [1.165, 1.54) is 59.3 Å². The molecule has 2 aromatic carbocycles. The first-order chi connectivity index (χ1) is 30.2. The van der Waals surface area contributed by atoms with Gasteiger partial charge in [0, 0.05) is 86.9 Å². The minimum Gasteiger partial charge on any atom is -0.507 e. The largest absolute Gasteiger partial charge is 0.507 e. The Hall–Kier alpha value is -5.16. The molecule has 5 bridgehead atoms. The van der Waals surface area contributed by atoms with E-state index in [-0.39, 0.29) is 50.6 Å². The lowest BCUT2D eigenvalue weighted by Crippen LogP contribution is -2.49. The van der Waals surface area contributed by atoms with E-state index in [1.54, 1.807) is 44.9 Å². The Bertz CT molecular complexity index is 2110. The van der Waals surface area contributed by atoms with Gasteiger partial charge in [-0.2, -0.15) is 0 Å². The van der Waals surface area contributed by atoms with Gasteiger partial charge in [0.2, 0.25) is 0 Å². The number of nitrogens with one attached hydrogen (secondary N) is 1. The third kappa shape index (κ3) is 11.0. The monoisotopic (exact) mass is 895 g/mol. The molecule has 0 aliphatic carbocycles. The number of hydrogen-bond acceptors (Lipinski definition) is 14. The number of amides is 2. The number of hydrazine groups is 1. The number of hydrogen-bond donors (Lipinski definition) is 5. The molecule has 3 aliphatic heterocycles. The van der Waals surface area contributed by atoms with Gasteiger partial charge in [-0.1, -0.05) is 66.7 Å². The van der Waals surface area contributed by atoms with Crippen molar-refractivity contribution in [2.24, 2.45) is 23.7 Å². The second kappa shape index (κ2) is 22.2. The lowest BCUT2D eigenvalue weighted by atomic mass is 9.78. The number of nitrogens with zero attached hydrogens (tertiary/aromatic N) is 2. The Morgan fingerprint density at radius 2 is 1.53 bits per heavy atom. The third-order valence-electron chi connectivity index (χ3n) is 12.2. The standard InChI is InChI=1S/C48H69N3O13/c1-13-20-50(21-14-2)51(22-15-3)36(53)25-61-35-24-33-43(57)38-37(35)39-45(31(9)42(38)56)64-48(11,46(39)58)62-23-19-34(60-12)28(6)44(63-32(10)52)30(8)41(55)29(7)40(54)26(4)17-16-18-27(5)47(59)49-33/h16-19,23-24,26,28-30,34,40-41,44,54-57H,13-15,20-22,25H2,1-12H3,(H,49,59)/b17-16+,23-19+,27-18+. The van der Waals surface area contributed by atoms with Crippen molar-refractivity contribution in [3.05, 3.63) is 53.3 Å². The minimum atomic E-state index is -2.04. The van der Waals surface area contributed by atoms with Gasteiger partial charge in [0.15, 0.2) is 12.4 Å². The summed E-state index contributed by atoms with van der Waals surface area (Å²) < 4.78 is 30.1. The first-order valence-corrected chi connectivity index (χ1v) is 22.2. The maximum atomic E-state index is 14.7. The Morgan fingerprint density at radius 1 is 0.891 bits per heavy atom. The molecule has 354 valence electrons. The number of rotatable bonds is 12. The highest BCUT2D eigenvalue weighted by Crippen LogP contribution is 2.54. The van der Waals surface area contributed by atoms with E-state index >= 15 is 0 Å². The van der Waals surface area contributed by atoms with Gasteiger partial charge in [-0.15, -0.1) is 0 Å². The Kier molecular flexibility index (Phi) is 17.8. The molecule has 9 unspecified atom stereocenters. The number of carbonyl (C=O) groups excluding carboxylic acids is 4. The first-order valence-electron chi connectivity index (χ1n) is 22.2. The normalized spacial score (nSPS) is 28.5. The summed E-state index contributed by atoms with van der Waals surface area (Å²) >= 11 is 0. The van der Waals surface area contributed by atoms with E-state index in [2.05, 4.69) is 5.32 Å². The molecule has 3 aliphatic rings. The molecule has 0 radical (unpaired) electrons. The Labute approximate surface area is 376 Å². The van der Waals surface area contributed by atoms with Crippen LogP contribution in [0.3, 0.4) is 0 Å². The highest BCUT2D eigenvalue weighted by Gasteiger charge is 2.50. The predicted molar refractivity (Wildman–Crippen MR) is 242 cm³/mol. The smallest absolute Gasteiger partial charge is 0.312 e. The minimum absolute atomic E-state index is 0.0565. The molecule has 0 saturated carbocycles. The van der Waals surface area contributed by atoms with Crippen LogP contribution in [0.2, 0.25) is 0 Å². The van der Waals surface area contributed by atoms with Crippen LogP contribution in [0.15, 0.2) is 42.2 Å². The molecule has 64 heavy (non-hydrogen) atoms. The molecule has 0 aromatic heterocycles. The lowest BCUT2D eigenvalue weighted by Gasteiger charge is -2.38. The Morgan fingerprint density at radius 3 is 2.12 bits per heavy atom. The number of fused-ring (bicyclic) bond motifs is 14. The molecule has 2 aromatic rings. The molecular formula is C48H69N3O13. The van der Waals surface area contributed by atoms with E-state index in [0.29, 0.717) is 26.1 Å².